The van der Waals surface area contributed by atoms with Gasteiger partial charge in [0.05, 0.1) is 13.2 Å². The number of hydrogen-bond donors (Lipinski definition) is 2. The molecule has 1 aliphatic carbocycles. The van der Waals surface area contributed by atoms with Crippen LogP contribution in [-0.4, -0.2) is 50.3 Å². The highest BCUT2D eigenvalue weighted by Crippen LogP contribution is 2.28. The molecule has 3 rings (SSSR count). The Morgan fingerprint density at radius 1 is 1.24 bits per heavy atom. The van der Waals surface area contributed by atoms with Gasteiger partial charge >= 0.3 is 6.03 Å². The SMILES string of the molecule is COc1ccc(OC2CCCCC2)c(CNC(=O)N2CCNCC2)c1. The molecule has 0 bridgehead atoms. The average molecular weight is 347 g/mol. The quantitative estimate of drug-likeness (QED) is 0.859. The molecule has 1 saturated carbocycles. The summed E-state index contributed by atoms with van der Waals surface area (Å²) in [5, 5.41) is 6.28. The van der Waals surface area contributed by atoms with Gasteiger partial charge < -0.3 is 25.0 Å². The minimum absolute atomic E-state index is 0.0204. The Morgan fingerprint density at radius 3 is 2.72 bits per heavy atom. The fourth-order valence-electron chi connectivity index (χ4n) is 3.45. The summed E-state index contributed by atoms with van der Waals surface area (Å²) in [5.41, 5.74) is 0.966. The van der Waals surface area contributed by atoms with Gasteiger partial charge in [-0.15, -0.1) is 0 Å². The summed E-state index contributed by atoms with van der Waals surface area (Å²) < 4.78 is 11.6. The van der Waals surface area contributed by atoms with Gasteiger partial charge in [0.1, 0.15) is 11.5 Å². The summed E-state index contributed by atoms with van der Waals surface area (Å²) in [4.78, 5) is 14.2. The van der Waals surface area contributed by atoms with E-state index in [-0.39, 0.29) is 12.1 Å². The Morgan fingerprint density at radius 2 is 2.00 bits per heavy atom. The maximum absolute atomic E-state index is 12.3. The van der Waals surface area contributed by atoms with Crippen LogP contribution in [0.1, 0.15) is 37.7 Å². The number of urea groups is 1. The Kier molecular flexibility index (Phi) is 6.39. The van der Waals surface area contributed by atoms with Crippen LogP contribution in [-0.2, 0) is 6.54 Å². The lowest BCUT2D eigenvalue weighted by Gasteiger charge is -2.28. The van der Waals surface area contributed by atoms with Crippen LogP contribution in [0.5, 0.6) is 11.5 Å². The van der Waals surface area contributed by atoms with E-state index in [2.05, 4.69) is 10.6 Å². The van der Waals surface area contributed by atoms with E-state index < -0.39 is 0 Å². The molecule has 2 amide bonds. The van der Waals surface area contributed by atoms with Crippen LogP contribution in [0.3, 0.4) is 0 Å². The van der Waals surface area contributed by atoms with Crippen LogP contribution in [0, 0.1) is 0 Å². The van der Waals surface area contributed by atoms with Crippen molar-refractivity contribution in [1.29, 1.82) is 0 Å². The lowest BCUT2D eigenvalue weighted by Crippen LogP contribution is -2.50. The molecule has 6 nitrogen and oxygen atoms in total. The molecule has 0 radical (unpaired) electrons. The summed E-state index contributed by atoms with van der Waals surface area (Å²) in [6, 6.07) is 5.81. The van der Waals surface area contributed by atoms with E-state index in [1.807, 2.05) is 23.1 Å². The van der Waals surface area contributed by atoms with Gasteiger partial charge in [0, 0.05) is 38.3 Å². The number of rotatable bonds is 5. The molecule has 0 spiro atoms. The predicted molar refractivity (Wildman–Crippen MR) is 97.2 cm³/mol. The van der Waals surface area contributed by atoms with Crippen molar-refractivity contribution in [2.24, 2.45) is 0 Å². The van der Waals surface area contributed by atoms with Gasteiger partial charge in [0.15, 0.2) is 0 Å². The molecule has 0 unspecified atom stereocenters. The van der Waals surface area contributed by atoms with Crippen LogP contribution < -0.4 is 20.1 Å². The number of piperazine rings is 1. The molecule has 0 aromatic heterocycles. The largest absolute Gasteiger partial charge is 0.497 e. The lowest BCUT2D eigenvalue weighted by molar-refractivity contribution is 0.153. The van der Waals surface area contributed by atoms with Crippen LogP contribution in [0.25, 0.3) is 0 Å². The number of amides is 2. The third-order valence-corrected chi connectivity index (χ3v) is 4.95. The number of ether oxygens (including phenoxy) is 2. The van der Waals surface area contributed by atoms with Gasteiger partial charge in [-0.2, -0.15) is 0 Å². The summed E-state index contributed by atoms with van der Waals surface area (Å²) in [5.74, 6) is 1.63. The summed E-state index contributed by atoms with van der Waals surface area (Å²) in [6.07, 6.45) is 6.27. The molecule has 1 aliphatic heterocycles. The number of hydrogen-bond acceptors (Lipinski definition) is 4. The summed E-state index contributed by atoms with van der Waals surface area (Å²) in [7, 11) is 1.65. The molecule has 2 N–H and O–H groups in total. The van der Waals surface area contributed by atoms with E-state index in [1.54, 1.807) is 7.11 Å². The minimum atomic E-state index is -0.0204. The standard InChI is InChI=1S/C19H29N3O3/c1-24-17-7-8-18(25-16-5-3-2-4-6-16)15(13-17)14-21-19(23)22-11-9-20-10-12-22/h7-8,13,16,20H,2-6,9-12,14H2,1H3,(H,21,23). The van der Waals surface area contributed by atoms with E-state index >= 15 is 0 Å². The first-order valence-electron chi connectivity index (χ1n) is 9.33. The third kappa shape index (κ3) is 5.01. The van der Waals surface area contributed by atoms with Gasteiger partial charge in [-0.05, 0) is 43.9 Å². The van der Waals surface area contributed by atoms with Crippen LogP contribution >= 0.6 is 0 Å². The zero-order valence-electron chi connectivity index (χ0n) is 15.1. The van der Waals surface area contributed by atoms with Crippen molar-refractivity contribution in [3.8, 4) is 11.5 Å². The highest BCUT2D eigenvalue weighted by Gasteiger charge is 2.19. The minimum Gasteiger partial charge on any atom is -0.497 e. The number of nitrogens with one attached hydrogen (secondary N) is 2. The average Bonchev–Trinajstić information content (AvgIpc) is 2.68. The normalized spacial score (nSPS) is 18.7. The Labute approximate surface area is 149 Å². The highest BCUT2D eigenvalue weighted by atomic mass is 16.5. The molecule has 2 aliphatic rings. The van der Waals surface area contributed by atoms with Crippen molar-refractivity contribution in [3.05, 3.63) is 23.8 Å². The smallest absolute Gasteiger partial charge is 0.317 e. The molecular weight excluding hydrogens is 318 g/mol. The Balaban J connectivity index is 1.63. The van der Waals surface area contributed by atoms with Crippen molar-refractivity contribution in [3.63, 3.8) is 0 Å². The number of carbonyl (C=O) groups excluding carboxylic acids is 1. The fraction of sp³-hybridized carbons (Fsp3) is 0.632. The van der Waals surface area contributed by atoms with E-state index in [0.717, 1.165) is 56.1 Å². The molecule has 1 aromatic carbocycles. The molecule has 0 atom stereocenters. The molecule has 2 fully saturated rings. The van der Waals surface area contributed by atoms with Gasteiger partial charge in [0.25, 0.3) is 0 Å². The van der Waals surface area contributed by atoms with E-state index in [1.165, 1.54) is 19.3 Å². The second kappa shape index (κ2) is 8.94. The topological polar surface area (TPSA) is 62.8 Å². The number of methoxy groups -OCH3 is 1. The lowest BCUT2D eigenvalue weighted by atomic mass is 9.97. The first kappa shape index (κ1) is 17.9. The highest BCUT2D eigenvalue weighted by molar-refractivity contribution is 5.74. The van der Waals surface area contributed by atoms with Gasteiger partial charge in [0.2, 0.25) is 0 Å². The second-order valence-corrected chi connectivity index (χ2v) is 6.75. The first-order chi connectivity index (χ1) is 12.3. The predicted octanol–water partition coefficient (Wildman–Crippen LogP) is 2.52. The van der Waals surface area contributed by atoms with Crippen molar-refractivity contribution >= 4 is 6.03 Å². The monoisotopic (exact) mass is 347 g/mol. The third-order valence-electron chi connectivity index (χ3n) is 4.95. The van der Waals surface area contributed by atoms with E-state index in [0.29, 0.717) is 6.54 Å². The molecule has 1 saturated heterocycles. The van der Waals surface area contributed by atoms with Crippen LogP contribution in [0.4, 0.5) is 4.79 Å². The van der Waals surface area contributed by atoms with Crippen molar-refractivity contribution < 1.29 is 14.3 Å². The van der Waals surface area contributed by atoms with Crippen LogP contribution in [0.15, 0.2) is 18.2 Å². The van der Waals surface area contributed by atoms with Crippen molar-refractivity contribution in [2.45, 2.75) is 44.8 Å². The molecular formula is C19H29N3O3. The maximum atomic E-state index is 12.3. The van der Waals surface area contributed by atoms with E-state index in [4.69, 9.17) is 9.47 Å². The van der Waals surface area contributed by atoms with Gasteiger partial charge in [-0.25, -0.2) is 4.79 Å². The number of benzene rings is 1. The Bertz CT molecular complexity index is 567. The van der Waals surface area contributed by atoms with E-state index in [9.17, 15) is 4.79 Å². The number of carbonyl (C=O) groups is 1. The van der Waals surface area contributed by atoms with Crippen LogP contribution in [0.2, 0.25) is 0 Å². The summed E-state index contributed by atoms with van der Waals surface area (Å²) in [6.45, 7) is 3.64. The summed E-state index contributed by atoms with van der Waals surface area (Å²) >= 11 is 0. The Hall–Kier alpha value is -1.95. The molecule has 1 aromatic rings. The van der Waals surface area contributed by atoms with Gasteiger partial charge in [-0.1, -0.05) is 6.42 Å². The van der Waals surface area contributed by atoms with Crippen molar-refractivity contribution in [1.82, 2.24) is 15.5 Å². The van der Waals surface area contributed by atoms with Gasteiger partial charge in [-0.3, -0.25) is 0 Å². The maximum Gasteiger partial charge on any atom is 0.317 e. The molecule has 1 heterocycles. The first-order valence-corrected chi connectivity index (χ1v) is 9.33. The fourth-order valence-corrected chi connectivity index (χ4v) is 3.45. The molecule has 25 heavy (non-hydrogen) atoms. The zero-order valence-corrected chi connectivity index (χ0v) is 15.1. The van der Waals surface area contributed by atoms with Crippen molar-refractivity contribution in [2.75, 3.05) is 33.3 Å². The second-order valence-electron chi connectivity index (χ2n) is 6.75. The number of nitrogens with zero attached hydrogens (tertiary/aromatic N) is 1. The molecule has 138 valence electrons. The zero-order chi connectivity index (χ0) is 17.5. The molecule has 6 heteroatoms.